The molecule has 23 heavy (non-hydrogen) atoms. The average Bonchev–Trinajstić information content (AvgIpc) is 2.46. The first kappa shape index (κ1) is 19.2. The van der Waals surface area contributed by atoms with E-state index in [4.69, 9.17) is 16.3 Å². The van der Waals surface area contributed by atoms with Gasteiger partial charge in [-0.05, 0) is 37.5 Å². The highest BCUT2D eigenvalue weighted by Gasteiger charge is 2.18. The Kier molecular flexibility index (Phi) is 7.81. The third-order valence-electron chi connectivity index (χ3n) is 3.04. The minimum atomic E-state index is -0.648. The molecule has 7 heteroatoms. The van der Waals surface area contributed by atoms with Gasteiger partial charge in [-0.25, -0.2) is 9.18 Å². The Morgan fingerprint density at radius 2 is 2.04 bits per heavy atom. The Balaban J connectivity index is 2.67. The number of nitrogens with one attached hydrogen (secondary N) is 2. The van der Waals surface area contributed by atoms with Gasteiger partial charge < -0.3 is 15.4 Å². The average molecular weight is 345 g/mol. The van der Waals surface area contributed by atoms with Crippen molar-refractivity contribution in [1.29, 1.82) is 0 Å². The van der Waals surface area contributed by atoms with Crippen LogP contribution in [0.2, 0.25) is 5.02 Å². The van der Waals surface area contributed by atoms with Crippen LogP contribution in [0.5, 0.6) is 0 Å². The van der Waals surface area contributed by atoms with E-state index in [-0.39, 0.29) is 29.8 Å². The Hall–Kier alpha value is -1.82. The van der Waals surface area contributed by atoms with Crippen molar-refractivity contribution in [2.24, 2.45) is 5.92 Å². The molecule has 1 aromatic carbocycles. The number of alkyl carbamates (subject to hydrolysis) is 1. The smallest absolute Gasteiger partial charge is 0.407 e. The monoisotopic (exact) mass is 344 g/mol. The summed E-state index contributed by atoms with van der Waals surface area (Å²) >= 11 is 5.78. The maximum atomic E-state index is 13.7. The van der Waals surface area contributed by atoms with E-state index < -0.39 is 17.8 Å². The van der Waals surface area contributed by atoms with E-state index in [0.29, 0.717) is 12.3 Å². The lowest BCUT2D eigenvalue weighted by atomic mass is 10.0. The van der Waals surface area contributed by atoms with Crippen LogP contribution in [0.1, 0.15) is 37.6 Å². The number of hydrogen-bond acceptors (Lipinski definition) is 3. The molecular weight excluding hydrogens is 323 g/mol. The van der Waals surface area contributed by atoms with E-state index in [9.17, 15) is 14.0 Å². The zero-order valence-electron chi connectivity index (χ0n) is 13.5. The number of rotatable bonds is 7. The standard InChI is InChI=1S/C16H22ClFN2O3/c1-4-23-16(22)20-12(7-10(2)3)9-19-15(21)13-8-11(17)5-6-14(13)18/h5-6,8,10,12H,4,7,9H2,1-3H3,(H,19,21)(H,20,22). The van der Waals surface area contributed by atoms with Crippen molar-refractivity contribution in [1.82, 2.24) is 10.6 Å². The first-order valence-corrected chi connectivity index (χ1v) is 7.87. The van der Waals surface area contributed by atoms with Crippen molar-refractivity contribution in [3.63, 3.8) is 0 Å². The van der Waals surface area contributed by atoms with Crippen molar-refractivity contribution in [3.05, 3.63) is 34.6 Å². The topological polar surface area (TPSA) is 67.4 Å². The van der Waals surface area contributed by atoms with Gasteiger partial charge >= 0.3 is 6.09 Å². The summed E-state index contributed by atoms with van der Waals surface area (Å²) in [5.41, 5.74) is -0.128. The van der Waals surface area contributed by atoms with Crippen molar-refractivity contribution in [2.75, 3.05) is 13.2 Å². The third-order valence-corrected chi connectivity index (χ3v) is 3.27. The molecule has 1 unspecified atom stereocenters. The normalized spacial score (nSPS) is 11.9. The lowest BCUT2D eigenvalue weighted by Crippen LogP contribution is -2.44. The molecule has 128 valence electrons. The van der Waals surface area contributed by atoms with E-state index in [1.54, 1.807) is 6.92 Å². The third kappa shape index (κ3) is 6.86. The van der Waals surface area contributed by atoms with E-state index in [0.717, 1.165) is 6.07 Å². The molecule has 0 aliphatic rings. The van der Waals surface area contributed by atoms with Gasteiger partial charge in [0, 0.05) is 17.6 Å². The van der Waals surface area contributed by atoms with Gasteiger partial charge in [-0.1, -0.05) is 25.4 Å². The Labute approximate surface area is 140 Å². The van der Waals surface area contributed by atoms with Crippen molar-refractivity contribution in [3.8, 4) is 0 Å². The fraction of sp³-hybridized carbons (Fsp3) is 0.500. The molecule has 0 fully saturated rings. The Morgan fingerprint density at radius 3 is 2.65 bits per heavy atom. The second-order valence-electron chi connectivity index (χ2n) is 5.53. The number of benzene rings is 1. The molecule has 2 amide bonds. The molecule has 0 heterocycles. The fourth-order valence-corrected chi connectivity index (χ4v) is 2.26. The highest BCUT2D eigenvalue weighted by Crippen LogP contribution is 2.15. The zero-order valence-corrected chi connectivity index (χ0v) is 14.2. The molecule has 1 rings (SSSR count). The summed E-state index contributed by atoms with van der Waals surface area (Å²) in [6, 6.07) is 3.47. The molecule has 1 aromatic rings. The molecule has 0 aromatic heterocycles. The maximum absolute atomic E-state index is 13.7. The van der Waals surface area contributed by atoms with Gasteiger partial charge in [0.1, 0.15) is 5.82 Å². The van der Waals surface area contributed by atoms with Gasteiger partial charge in [0.25, 0.3) is 5.91 Å². The lowest BCUT2D eigenvalue weighted by Gasteiger charge is -2.20. The van der Waals surface area contributed by atoms with Crippen molar-refractivity contribution < 1.29 is 18.7 Å². The highest BCUT2D eigenvalue weighted by atomic mass is 35.5. The van der Waals surface area contributed by atoms with Crippen LogP contribution in [0.15, 0.2) is 18.2 Å². The van der Waals surface area contributed by atoms with Crippen LogP contribution in [0.25, 0.3) is 0 Å². The molecule has 0 aliphatic carbocycles. The minimum absolute atomic E-state index is 0.128. The second-order valence-corrected chi connectivity index (χ2v) is 5.96. The minimum Gasteiger partial charge on any atom is -0.450 e. The van der Waals surface area contributed by atoms with E-state index in [2.05, 4.69) is 10.6 Å². The number of carbonyl (C=O) groups excluding carboxylic acids is 2. The van der Waals surface area contributed by atoms with Crippen LogP contribution in [-0.2, 0) is 4.74 Å². The molecule has 1 atom stereocenters. The number of halogens is 2. The lowest BCUT2D eigenvalue weighted by molar-refractivity contribution is 0.0940. The Bertz CT molecular complexity index is 552. The Morgan fingerprint density at radius 1 is 1.35 bits per heavy atom. The zero-order chi connectivity index (χ0) is 17.4. The molecule has 0 bridgehead atoms. The van der Waals surface area contributed by atoms with Crippen LogP contribution < -0.4 is 10.6 Å². The first-order valence-electron chi connectivity index (χ1n) is 7.50. The molecule has 0 radical (unpaired) electrons. The van der Waals surface area contributed by atoms with Gasteiger partial charge in [0.15, 0.2) is 0 Å². The van der Waals surface area contributed by atoms with Crippen molar-refractivity contribution >= 4 is 23.6 Å². The maximum Gasteiger partial charge on any atom is 0.407 e. The van der Waals surface area contributed by atoms with Gasteiger partial charge in [-0.2, -0.15) is 0 Å². The van der Waals surface area contributed by atoms with Gasteiger partial charge in [0.2, 0.25) is 0 Å². The second kappa shape index (κ2) is 9.35. The summed E-state index contributed by atoms with van der Waals surface area (Å²) in [7, 11) is 0. The fourth-order valence-electron chi connectivity index (χ4n) is 2.08. The molecule has 0 aliphatic heterocycles. The van der Waals surface area contributed by atoms with Crippen LogP contribution in [0, 0.1) is 11.7 Å². The predicted molar refractivity (Wildman–Crippen MR) is 87.1 cm³/mol. The van der Waals surface area contributed by atoms with E-state index in [1.165, 1.54) is 12.1 Å². The molecule has 0 spiro atoms. The van der Waals surface area contributed by atoms with Crippen LogP contribution >= 0.6 is 11.6 Å². The van der Waals surface area contributed by atoms with Crippen LogP contribution in [0.3, 0.4) is 0 Å². The molecular formula is C16H22ClFN2O3. The summed E-state index contributed by atoms with van der Waals surface area (Å²) < 4.78 is 18.5. The summed E-state index contributed by atoms with van der Waals surface area (Å²) in [4.78, 5) is 23.6. The van der Waals surface area contributed by atoms with E-state index in [1.807, 2.05) is 13.8 Å². The van der Waals surface area contributed by atoms with E-state index >= 15 is 0 Å². The molecule has 5 nitrogen and oxygen atoms in total. The summed E-state index contributed by atoms with van der Waals surface area (Å²) in [5, 5.41) is 5.58. The summed E-state index contributed by atoms with van der Waals surface area (Å²) in [6.45, 7) is 6.14. The molecule has 2 N–H and O–H groups in total. The summed E-state index contributed by atoms with van der Waals surface area (Å²) in [6.07, 6.45) is 0.109. The van der Waals surface area contributed by atoms with Crippen molar-refractivity contribution in [2.45, 2.75) is 33.2 Å². The predicted octanol–water partition coefficient (Wildman–Crippen LogP) is 3.37. The number of hydrogen-bond donors (Lipinski definition) is 2. The molecule has 0 saturated heterocycles. The SMILES string of the molecule is CCOC(=O)NC(CNC(=O)c1cc(Cl)ccc1F)CC(C)C. The summed E-state index contributed by atoms with van der Waals surface area (Å²) in [5.74, 6) is -0.920. The highest BCUT2D eigenvalue weighted by molar-refractivity contribution is 6.31. The largest absolute Gasteiger partial charge is 0.450 e. The number of carbonyl (C=O) groups is 2. The quantitative estimate of drug-likeness (QED) is 0.797. The van der Waals surface area contributed by atoms with Gasteiger partial charge in [0.05, 0.1) is 12.2 Å². The van der Waals surface area contributed by atoms with Crippen LogP contribution in [-0.4, -0.2) is 31.2 Å². The van der Waals surface area contributed by atoms with Gasteiger partial charge in [-0.15, -0.1) is 0 Å². The van der Waals surface area contributed by atoms with Crippen LogP contribution in [0.4, 0.5) is 9.18 Å². The molecule has 0 saturated carbocycles. The number of amides is 2. The number of ether oxygens (including phenoxy) is 1. The van der Waals surface area contributed by atoms with Gasteiger partial charge in [-0.3, -0.25) is 4.79 Å². The first-order chi connectivity index (χ1) is 10.8.